The van der Waals surface area contributed by atoms with E-state index in [9.17, 15) is 9.59 Å². The molecule has 1 fully saturated rings. The number of carboxylic acids is 1. The van der Waals surface area contributed by atoms with E-state index in [0.29, 0.717) is 11.5 Å². The fourth-order valence-electron chi connectivity index (χ4n) is 1.69. The van der Waals surface area contributed by atoms with E-state index in [1.165, 1.54) is 24.8 Å². The van der Waals surface area contributed by atoms with Gasteiger partial charge in [0.05, 0.1) is 6.61 Å². The van der Waals surface area contributed by atoms with Gasteiger partial charge < -0.3 is 14.7 Å². The summed E-state index contributed by atoms with van der Waals surface area (Å²) in [6.07, 6.45) is 2.47. The highest BCUT2D eigenvalue weighted by molar-refractivity contribution is 5.95. The number of benzene rings is 1. The molecule has 1 aliphatic rings. The Kier molecular flexibility index (Phi) is 4.04. The Bertz CT molecular complexity index is 465. The van der Waals surface area contributed by atoms with Gasteiger partial charge >= 0.3 is 5.97 Å². The molecule has 1 N–H and O–H groups in total. The zero-order valence-corrected chi connectivity index (χ0v) is 10.8. The monoisotopic (exact) mass is 263 g/mol. The summed E-state index contributed by atoms with van der Waals surface area (Å²) < 4.78 is 5.57. The van der Waals surface area contributed by atoms with Crippen LogP contribution in [0.15, 0.2) is 24.3 Å². The van der Waals surface area contributed by atoms with Gasteiger partial charge in [0.25, 0.3) is 5.91 Å². The molecule has 102 valence electrons. The van der Waals surface area contributed by atoms with Gasteiger partial charge in [-0.1, -0.05) is 0 Å². The lowest BCUT2D eigenvalue weighted by Gasteiger charge is -2.14. The van der Waals surface area contributed by atoms with Crippen LogP contribution in [0.25, 0.3) is 0 Å². The Balaban J connectivity index is 1.92. The minimum absolute atomic E-state index is 0.307. The average Bonchev–Trinajstić information content (AvgIpc) is 3.19. The van der Waals surface area contributed by atoms with Crippen LogP contribution in [0.2, 0.25) is 0 Å². The summed E-state index contributed by atoms with van der Waals surface area (Å²) in [7, 11) is 1.47. The third kappa shape index (κ3) is 3.98. The first kappa shape index (κ1) is 13.4. The highest BCUT2D eigenvalue weighted by Gasteiger charge is 2.22. The third-order valence-corrected chi connectivity index (χ3v) is 3.00. The van der Waals surface area contributed by atoms with E-state index in [2.05, 4.69) is 0 Å². The van der Waals surface area contributed by atoms with Crippen molar-refractivity contribution >= 4 is 11.9 Å². The fourth-order valence-corrected chi connectivity index (χ4v) is 1.69. The first-order valence-electron chi connectivity index (χ1n) is 6.26. The predicted octanol–water partition coefficient (Wildman–Crippen LogP) is 1.63. The van der Waals surface area contributed by atoms with Gasteiger partial charge in [0.1, 0.15) is 12.3 Å². The van der Waals surface area contributed by atoms with E-state index in [-0.39, 0.29) is 12.5 Å². The summed E-state index contributed by atoms with van der Waals surface area (Å²) >= 11 is 0. The van der Waals surface area contributed by atoms with Gasteiger partial charge in [-0.3, -0.25) is 9.59 Å². The van der Waals surface area contributed by atoms with Crippen LogP contribution in [0.3, 0.4) is 0 Å². The van der Waals surface area contributed by atoms with Crippen LogP contribution in [0, 0.1) is 5.92 Å². The molecule has 1 aliphatic carbocycles. The molecule has 1 saturated carbocycles. The van der Waals surface area contributed by atoms with Gasteiger partial charge in [0, 0.05) is 12.6 Å². The van der Waals surface area contributed by atoms with Gasteiger partial charge in [0.15, 0.2) is 0 Å². The molecule has 1 aromatic rings. The number of carboxylic acid groups (broad SMARTS) is 1. The van der Waals surface area contributed by atoms with E-state index in [1.807, 2.05) is 0 Å². The second kappa shape index (κ2) is 5.73. The molecule has 0 aliphatic heterocycles. The average molecular weight is 263 g/mol. The summed E-state index contributed by atoms with van der Waals surface area (Å²) in [5.74, 6) is 0.0868. The summed E-state index contributed by atoms with van der Waals surface area (Å²) in [5.41, 5.74) is 0.461. The Morgan fingerprint density at radius 1 is 1.32 bits per heavy atom. The Morgan fingerprint density at radius 2 is 1.95 bits per heavy atom. The number of likely N-dealkylation sites (N-methyl/N-ethyl adjacent to an activating group) is 1. The maximum Gasteiger partial charge on any atom is 0.323 e. The normalized spacial score (nSPS) is 13.9. The van der Waals surface area contributed by atoms with Crippen LogP contribution in [0.4, 0.5) is 0 Å². The van der Waals surface area contributed by atoms with Crippen molar-refractivity contribution in [2.24, 2.45) is 5.92 Å². The lowest BCUT2D eigenvalue weighted by atomic mass is 10.2. The molecule has 0 aromatic heterocycles. The highest BCUT2D eigenvalue weighted by atomic mass is 16.5. The van der Waals surface area contributed by atoms with Crippen molar-refractivity contribution < 1.29 is 19.4 Å². The molecule has 5 heteroatoms. The molecule has 0 heterocycles. The Morgan fingerprint density at radius 3 is 2.47 bits per heavy atom. The summed E-state index contributed by atoms with van der Waals surface area (Å²) in [6, 6.07) is 6.79. The second-order valence-electron chi connectivity index (χ2n) is 4.83. The highest BCUT2D eigenvalue weighted by Crippen LogP contribution is 2.29. The molecule has 0 saturated heterocycles. The Labute approximate surface area is 111 Å². The van der Waals surface area contributed by atoms with Crippen LogP contribution < -0.4 is 4.74 Å². The number of ether oxygens (including phenoxy) is 1. The van der Waals surface area contributed by atoms with Crippen molar-refractivity contribution in [1.82, 2.24) is 4.90 Å². The standard InChI is InChI=1S/C14H17NO4/c1-15(8-13(16)17)14(18)11-4-6-12(7-5-11)19-9-10-2-3-10/h4-7,10H,2-3,8-9H2,1H3,(H,16,17). The van der Waals surface area contributed by atoms with E-state index in [1.54, 1.807) is 24.3 Å². The Hall–Kier alpha value is -2.04. The topological polar surface area (TPSA) is 66.8 Å². The smallest absolute Gasteiger partial charge is 0.323 e. The van der Waals surface area contributed by atoms with E-state index in [0.717, 1.165) is 12.4 Å². The lowest BCUT2D eigenvalue weighted by Crippen LogP contribution is -2.31. The summed E-state index contributed by atoms with van der Waals surface area (Å²) in [4.78, 5) is 23.6. The number of amides is 1. The van der Waals surface area contributed by atoms with Gasteiger partial charge in [-0.05, 0) is 43.0 Å². The number of nitrogens with zero attached hydrogens (tertiary/aromatic N) is 1. The number of aliphatic carboxylic acids is 1. The number of hydrogen-bond acceptors (Lipinski definition) is 3. The largest absolute Gasteiger partial charge is 0.493 e. The first-order chi connectivity index (χ1) is 9.06. The van der Waals surface area contributed by atoms with Crippen molar-refractivity contribution in [3.63, 3.8) is 0 Å². The molecule has 0 atom stereocenters. The van der Waals surface area contributed by atoms with Crippen molar-refractivity contribution in [3.05, 3.63) is 29.8 Å². The summed E-state index contributed by atoms with van der Waals surface area (Å²) in [5, 5.41) is 8.64. The van der Waals surface area contributed by atoms with Gasteiger partial charge in [-0.2, -0.15) is 0 Å². The SMILES string of the molecule is CN(CC(=O)O)C(=O)c1ccc(OCC2CC2)cc1. The molecule has 0 spiro atoms. The molecule has 0 unspecified atom stereocenters. The fraction of sp³-hybridized carbons (Fsp3) is 0.429. The van der Waals surface area contributed by atoms with Crippen LogP contribution >= 0.6 is 0 Å². The molecule has 1 aromatic carbocycles. The predicted molar refractivity (Wildman–Crippen MR) is 69.3 cm³/mol. The molecule has 2 rings (SSSR count). The van der Waals surface area contributed by atoms with Gasteiger partial charge in [-0.25, -0.2) is 0 Å². The minimum atomic E-state index is -1.03. The van der Waals surface area contributed by atoms with Crippen LogP contribution in [0.5, 0.6) is 5.75 Å². The third-order valence-electron chi connectivity index (χ3n) is 3.00. The van der Waals surface area contributed by atoms with E-state index >= 15 is 0 Å². The second-order valence-corrected chi connectivity index (χ2v) is 4.83. The number of carbonyl (C=O) groups is 2. The van der Waals surface area contributed by atoms with Gasteiger partial charge in [-0.15, -0.1) is 0 Å². The molecular formula is C14H17NO4. The molecular weight excluding hydrogens is 246 g/mol. The van der Waals surface area contributed by atoms with Crippen LogP contribution in [0.1, 0.15) is 23.2 Å². The number of carbonyl (C=O) groups excluding carboxylic acids is 1. The molecule has 19 heavy (non-hydrogen) atoms. The van der Waals surface area contributed by atoms with Gasteiger partial charge in [0.2, 0.25) is 0 Å². The molecule has 5 nitrogen and oxygen atoms in total. The van der Waals surface area contributed by atoms with Crippen molar-refractivity contribution in [3.8, 4) is 5.75 Å². The molecule has 0 radical (unpaired) electrons. The zero-order valence-electron chi connectivity index (χ0n) is 10.8. The van der Waals surface area contributed by atoms with Crippen molar-refractivity contribution in [2.45, 2.75) is 12.8 Å². The van der Waals surface area contributed by atoms with Crippen molar-refractivity contribution in [1.29, 1.82) is 0 Å². The maximum atomic E-state index is 11.9. The van der Waals surface area contributed by atoms with Crippen LogP contribution in [-0.2, 0) is 4.79 Å². The quantitative estimate of drug-likeness (QED) is 0.847. The van der Waals surface area contributed by atoms with E-state index in [4.69, 9.17) is 9.84 Å². The maximum absolute atomic E-state index is 11.9. The van der Waals surface area contributed by atoms with Crippen molar-refractivity contribution in [2.75, 3.05) is 20.2 Å². The molecule has 1 amide bonds. The minimum Gasteiger partial charge on any atom is -0.493 e. The van der Waals surface area contributed by atoms with Crippen LogP contribution in [-0.4, -0.2) is 42.1 Å². The zero-order chi connectivity index (χ0) is 13.8. The van der Waals surface area contributed by atoms with E-state index < -0.39 is 5.97 Å². The number of hydrogen-bond donors (Lipinski definition) is 1. The lowest BCUT2D eigenvalue weighted by molar-refractivity contribution is -0.137. The number of rotatable bonds is 6. The first-order valence-corrected chi connectivity index (χ1v) is 6.26. The summed E-state index contributed by atoms with van der Waals surface area (Å²) in [6.45, 7) is 0.422. The molecule has 0 bridgehead atoms.